The third kappa shape index (κ3) is 3.99. The number of aromatic nitrogens is 3. The summed E-state index contributed by atoms with van der Waals surface area (Å²) >= 11 is 3.06. The molecule has 0 aliphatic rings. The summed E-state index contributed by atoms with van der Waals surface area (Å²) in [6.07, 6.45) is 1.76. The molecule has 2 aromatic carbocycles. The van der Waals surface area contributed by atoms with E-state index >= 15 is 0 Å². The Kier molecular flexibility index (Phi) is 5.41. The third-order valence-corrected chi connectivity index (χ3v) is 4.65. The summed E-state index contributed by atoms with van der Waals surface area (Å²) in [5.41, 5.74) is 3.56. The molecule has 30 heavy (non-hydrogen) atoms. The number of nitrogens with one attached hydrogen (secondary N) is 4. The molecule has 4 rings (SSSR count). The first kappa shape index (κ1) is 19.5. The molecule has 2 heterocycles. The van der Waals surface area contributed by atoms with Crippen LogP contribution < -0.4 is 16.1 Å². The highest BCUT2D eigenvalue weighted by Gasteiger charge is 2.19. The van der Waals surface area contributed by atoms with Gasteiger partial charge in [0.15, 0.2) is 11.5 Å². The monoisotopic (exact) mass is 473 g/mol. The van der Waals surface area contributed by atoms with E-state index in [0.717, 1.165) is 10.9 Å². The topological polar surface area (TPSA) is 140 Å². The highest BCUT2D eigenvalue weighted by atomic mass is 79.9. The summed E-state index contributed by atoms with van der Waals surface area (Å²) in [4.78, 5) is 19.6. The number of aliphatic imine (C=N–C) groups is 1. The van der Waals surface area contributed by atoms with E-state index in [1.807, 2.05) is 17.6 Å². The summed E-state index contributed by atoms with van der Waals surface area (Å²) in [5, 5.41) is 22.8. The van der Waals surface area contributed by atoms with E-state index < -0.39 is 11.8 Å². The minimum atomic E-state index is -0.609. The Morgan fingerprint density at radius 1 is 1.20 bits per heavy atom. The maximum absolute atomic E-state index is 13.4. The van der Waals surface area contributed by atoms with E-state index in [1.165, 1.54) is 18.2 Å². The Morgan fingerprint density at radius 3 is 2.87 bits per heavy atom. The van der Waals surface area contributed by atoms with Crippen molar-refractivity contribution in [2.45, 2.75) is 0 Å². The van der Waals surface area contributed by atoms with Crippen molar-refractivity contribution < 1.29 is 19.0 Å². The summed E-state index contributed by atoms with van der Waals surface area (Å²) < 4.78 is 18.3. The number of carbonyl (C=O) groups excluding carboxylic acids is 1. The molecular weight excluding hydrogens is 461 g/mol. The van der Waals surface area contributed by atoms with Gasteiger partial charge in [0, 0.05) is 17.1 Å². The van der Waals surface area contributed by atoms with Crippen LogP contribution in [0.25, 0.3) is 10.9 Å². The first-order valence-electron chi connectivity index (χ1n) is 8.46. The van der Waals surface area contributed by atoms with Gasteiger partial charge in [0.1, 0.15) is 5.82 Å². The molecule has 4 aromatic rings. The fourth-order valence-corrected chi connectivity index (χ4v) is 3.06. The molecule has 2 aromatic heterocycles. The third-order valence-electron chi connectivity index (χ3n) is 4.04. The Bertz CT molecular complexity index is 1250. The second kappa shape index (κ2) is 8.31. The van der Waals surface area contributed by atoms with E-state index in [1.54, 1.807) is 18.3 Å². The minimum absolute atomic E-state index is 0.0621. The van der Waals surface area contributed by atoms with Gasteiger partial charge in [-0.25, -0.2) is 18.8 Å². The number of nitrogens with zero attached hydrogens (tertiary/aromatic N) is 3. The van der Waals surface area contributed by atoms with Crippen LogP contribution in [0, 0.1) is 5.82 Å². The Balaban J connectivity index is 1.56. The normalized spacial score (nSPS) is 11.5. The van der Waals surface area contributed by atoms with Crippen LogP contribution in [0.5, 0.6) is 0 Å². The number of H-pyrrole nitrogens is 1. The van der Waals surface area contributed by atoms with E-state index in [4.69, 9.17) is 0 Å². The number of fused-ring (bicyclic) bond motifs is 1. The van der Waals surface area contributed by atoms with Crippen molar-refractivity contribution in [3.63, 3.8) is 0 Å². The predicted octanol–water partition coefficient (Wildman–Crippen LogP) is 4.15. The molecule has 0 unspecified atom stereocenters. The van der Waals surface area contributed by atoms with Crippen LogP contribution in [0.3, 0.4) is 0 Å². The average Bonchev–Trinajstić information content (AvgIpc) is 3.39. The molecule has 0 aliphatic carbocycles. The molecule has 5 N–H and O–H groups in total. The SMILES string of the molecule is O=C(Nc1nonc1C(=Nc1ccc(F)c(Br)c1)NO)Nc1cccc2[nH]ccc12. The van der Waals surface area contributed by atoms with E-state index in [2.05, 4.69) is 51.5 Å². The molecule has 0 atom stereocenters. The van der Waals surface area contributed by atoms with Gasteiger partial charge in [-0.1, -0.05) is 6.07 Å². The molecule has 12 heteroatoms. The Hall–Kier alpha value is -3.77. The van der Waals surface area contributed by atoms with Crippen molar-refractivity contribution >= 4 is 55.9 Å². The first-order valence-corrected chi connectivity index (χ1v) is 9.25. The number of amidine groups is 1. The zero-order valence-electron chi connectivity index (χ0n) is 15.0. The van der Waals surface area contributed by atoms with Crippen molar-refractivity contribution in [2.24, 2.45) is 4.99 Å². The standard InChI is InChI=1S/C18H13BrFN7O3/c19-11-8-9(4-5-12(11)20)22-16(25-29)15-17(27-30-26-15)24-18(28)23-14-3-1-2-13-10(14)6-7-21-13/h1-8,21,29H,(H,22,25)(H2,23,24,27,28). The van der Waals surface area contributed by atoms with Gasteiger partial charge < -0.3 is 10.3 Å². The van der Waals surface area contributed by atoms with Crippen molar-refractivity contribution in [1.29, 1.82) is 0 Å². The molecule has 0 aliphatic heterocycles. The maximum atomic E-state index is 13.4. The zero-order valence-corrected chi connectivity index (χ0v) is 16.6. The first-order chi connectivity index (χ1) is 14.5. The molecule has 2 amide bonds. The number of hydrogen-bond donors (Lipinski definition) is 5. The van der Waals surface area contributed by atoms with Crippen LogP contribution >= 0.6 is 15.9 Å². The summed E-state index contributed by atoms with van der Waals surface area (Å²) in [7, 11) is 0. The van der Waals surface area contributed by atoms with E-state index in [9.17, 15) is 14.4 Å². The number of halogens is 2. The van der Waals surface area contributed by atoms with Gasteiger partial charge in [0.25, 0.3) is 0 Å². The summed E-state index contributed by atoms with van der Waals surface area (Å²) in [6, 6.07) is 10.6. The Morgan fingerprint density at radius 2 is 2.07 bits per heavy atom. The lowest BCUT2D eigenvalue weighted by molar-refractivity contribution is 0.234. The molecule has 10 nitrogen and oxygen atoms in total. The van der Waals surface area contributed by atoms with Gasteiger partial charge in [-0.2, -0.15) is 0 Å². The number of urea groups is 1. The van der Waals surface area contributed by atoms with E-state index in [-0.39, 0.29) is 21.8 Å². The van der Waals surface area contributed by atoms with Crippen LogP contribution in [-0.4, -0.2) is 32.4 Å². The number of benzene rings is 2. The largest absolute Gasteiger partial charge is 0.361 e. The maximum Gasteiger partial charge on any atom is 0.325 e. The lowest BCUT2D eigenvalue weighted by Gasteiger charge is -2.08. The average molecular weight is 474 g/mol. The number of anilines is 2. The van der Waals surface area contributed by atoms with Gasteiger partial charge in [-0.3, -0.25) is 16.0 Å². The Labute approximate surface area is 176 Å². The van der Waals surface area contributed by atoms with Gasteiger partial charge in [-0.15, -0.1) is 0 Å². The second-order valence-corrected chi connectivity index (χ2v) is 6.81. The van der Waals surface area contributed by atoms with Crippen molar-refractivity contribution in [1.82, 2.24) is 20.8 Å². The zero-order chi connectivity index (χ0) is 21.1. The van der Waals surface area contributed by atoms with Crippen molar-refractivity contribution in [2.75, 3.05) is 10.6 Å². The lowest BCUT2D eigenvalue weighted by atomic mass is 10.2. The van der Waals surface area contributed by atoms with Crippen LogP contribution in [0.2, 0.25) is 0 Å². The fourth-order valence-electron chi connectivity index (χ4n) is 2.70. The molecule has 0 spiro atoms. The van der Waals surface area contributed by atoms with E-state index in [0.29, 0.717) is 11.4 Å². The highest BCUT2D eigenvalue weighted by Crippen LogP contribution is 2.24. The molecule has 0 saturated carbocycles. The molecular formula is C18H13BrFN7O3. The summed E-state index contributed by atoms with van der Waals surface area (Å²) in [5.74, 6) is -0.722. The summed E-state index contributed by atoms with van der Waals surface area (Å²) in [6.45, 7) is 0. The highest BCUT2D eigenvalue weighted by molar-refractivity contribution is 9.10. The van der Waals surface area contributed by atoms with Crippen LogP contribution in [0.15, 0.2) is 62.8 Å². The molecule has 0 bridgehead atoms. The van der Waals surface area contributed by atoms with Crippen LogP contribution in [0.1, 0.15) is 5.69 Å². The number of amides is 2. The van der Waals surface area contributed by atoms with Crippen LogP contribution in [-0.2, 0) is 0 Å². The molecule has 0 fully saturated rings. The number of rotatable bonds is 4. The van der Waals surface area contributed by atoms with Crippen LogP contribution in [0.4, 0.5) is 26.4 Å². The van der Waals surface area contributed by atoms with Gasteiger partial charge in [-0.05, 0) is 62.6 Å². The number of carbonyl (C=O) groups is 1. The number of hydrogen-bond acceptors (Lipinski definition) is 6. The predicted molar refractivity (Wildman–Crippen MR) is 110 cm³/mol. The molecule has 0 radical (unpaired) electrons. The van der Waals surface area contributed by atoms with Gasteiger partial charge >= 0.3 is 6.03 Å². The fraction of sp³-hybridized carbons (Fsp3) is 0. The van der Waals surface area contributed by atoms with Gasteiger partial charge in [0.2, 0.25) is 5.82 Å². The van der Waals surface area contributed by atoms with Crippen molar-refractivity contribution in [3.05, 3.63) is 64.6 Å². The molecule has 152 valence electrons. The molecule has 0 saturated heterocycles. The lowest BCUT2D eigenvalue weighted by Crippen LogP contribution is -2.25. The number of hydroxylamine groups is 1. The minimum Gasteiger partial charge on any atom is -0.361 e. The van der Waals surface area contributed by atoms with Gasteiger partial charge in [0.05, 0.1) is 15.8 Å². The quantitative estimate of drug-likeness (QED) is 0.171. The van der Waals surface area contributed by atoms with Crippen molar-refractivity contribution in [3.8, 4) is 0 Å². The number of aromatic amines is 1. The second-order valence-electron chi connectivity index (χ2n) is 5.96. The smallest absolute Gasteiger partial charge is 0.325 e.